The number of halogens is 1. The lowest BCUT2D eigenvalue weighted by Gasteiger charge is -2.12. The van der Waals surface area contributed by atoms with Crippen molar-refractivity contribution in [2.45, 2.75) is 32.5 Å². The number of carbonyl (C=O) groups excluding carboxylic acids is 1. The van der Waals surface area contributed by atoms with Gasteiger partial charge in [0.1, 0.15) is 12.4 Å². The van der Waals surface area contributed by atoms with Gasteiger partial charge >= 0.3 is 0 Å². The molecule has 0 saturated heterocycles. The summed E-state index contributed by atoms with van der Waals surface area (Å²) in [5.41, 5.74) is 4.08. The van der Waals surface area contributed by atoms with Crippen molar-refractivity contribution in [2.24, 2.45) is 7.05 Å². The number of rotatable bonds is 7. The second-order valence-electron chi connectivity index (χ2n) is 7.91. The molecule has 1 amide bonds. The third kappa shape index (κ3) is 5.33. The van der Waals surface area contributed by atoms with Crippen LogP contribution in [0.25, 0.3) is 10.8 Å². The first-order valence-corrected chi connectivity index (χ1v) is 12.6. The maximum atomic E-state index is 12.5. The Hall–Kier alpha value is -2.59. The number of aromatic nitrogens is 3. The van der Waals surface area contributed by atoms with Crippen LogP contribution in [0.1, 0.15) is 22.5 Å². The van der Waals surface area contributed by atoms with Crippen molar-refractivity contribution < 1.29 is 9.53 Å². The van der Waals surface area contributed by atoms with Crippen LogP contribution in [0.4, 0.5) is 5.69 Å². The van der Waals surface area contributed by atoms with Crippen LogP contribution in [0.5, 0.6) is 5.75 Å². The summed E-state index contributed by atoms with van der Waals surface area (Å²) in [5.74, 6) is 1.71. The molecule has 0 spiro atoms. The zero-order valence-corrected chi connectivity index (χ0v) is 22.0. The average molecular weight is 572 g/mol. The van der Waals surface area contributed by atoms with Crippen molar-refractivity contribution in [1.82, 2.24) is 14.8 Å². The van der Waals surface area contributed by atoms with E-state index in [0.717, 1.165) is 31.7 Å². The maximum Gasteiger partial charge on any atom is 0.234 e. The number of carbonyl (C=O) groups is 1. The molecule has 0 unspecified atom stereocenters. The van der Waals surface area contributed by atoms with Crippen molar-refractivity contribution >= 4 is 56.7 Å². The van der Waals surface area contributed by atoms with Gasteiger partial charge in [-0.05, 0) is 89.0 Å². The predicted octanol–water partition coefficient (Wildman–Crippen LogP) is 5.81. The summed E-state index contributed by atoms with van der Waals surface area (Å²) in [6, 6.07) is 16.4. The van der Waals surface area contributed by atoms with Gasteiger partial charge in [-0.1, -0.05) is 42.1 Å². The van der Waals surface area contributed by atoms with E-state index < -0.39 is 0 Å². The van der Waals surface area contributed by atoms with Gasteiger partial charge < -0.3 is 14.6 Å². The molecule has 170 valence electrons. The van der Waals surface area contributed by atoms with E-state index in [1.165, 1.54) is 22.5 Å². The van der Waals surface area contributed by atoms with Crippen LogP contribution in [-0.2, 0) is 18.4 Å². The van der Waals surface area contributed by atoms with Crippen molar-refractivity contribution in [2.75, 3.05) is 11.1 Å². The van der Waals surface area contributed by atoms with Gasteiger partial charge in [0.05, 0.1) is 5.75 Å². The summed E-state index contributed by atoms with van der Waals surface area (Å²) in [7, 11) is 1.89. The first kappa shape index (κ1) is 23.6. The van der Waals surface area contributed by atoms with E-state index >= 15 is 0 Å². The first-order valence-electron chi connectivity index (χ1n) is 10.5. The number of ether oxygens (including phenoxy) is 1. The lowest BCUT2D eigenvalue weighted by Crippen LogP contribution is -2.16. The van der Waals surface area contributed by atoms with E-state index in [0.29, 0.717) is 17.6 Å². The highest BCUT2D eigenvalue weighted by molar-refractivity contribution is 14.1. The molecule has 0 radical (unpaired) electrons. The molecule has 8 heteroatoms. The molecule has 0 aliphatic heterocycles. The van der Waals surface area contributed by atoms with Gasteiger partial charge in [0, 0.05) is 16.3 Å². The number of hydrogen-bond acceptors (Lipinski definition) is 5. The van der Waals surface area contributed by atoms with Crippen molar-refractivity contribution in [1.29, 1.82) is 0 Å². The lowest BCUT2D eigenvalue weighted by molar-refractivity contribution is -0.113. The van der Waals surface area contributed by atoms with E-state index in [1.807, 2.05) is 43.7 Å². The van der Waals surface area contributed by atoms with Crippen LogP contribution in [0, 0.1) is 24.3 Å². The van der Waals surface area contributed by atoms with E-state index in [4.69, 9.17) is 4.74 Å². The number of nitrogens with one attached hydrogen (secondary N) is 1. The molecular weight excluding hydrogens is 547 g/mol. The number of hydrogen-bond donors (Lipinski definition) is 1. The van der Waals surface area contributed by atoms with Crippen LogP contribution in [0.2, 0.25) is 0 Å². The molecule has 0 fully saturated rings. The van der Waals surface area contributed by atoms with Gasteiger partial charge in [-0.2, -0.15) is 0 Å². The van der Waals surface area contributed by atoms with E-state index in [-0.39, 0.29) is 11.7 Å². The van der Waals surface area contributed by atoms with Crippen molar-refractivity contribution in [3.8, 4) is 5.75 Å². The van der Waals surface area contributed by atoms with E-state index in [1.54, 1.807) is 0 Å². The molecule has 0 saturated carbocycles. The van der Waals surface area contributed by atoms with E-state index in [9.17, 15) is 4.79 Å². The molecule has 0 aliphatic carbocycles. The van der Waals surface area contributed by atoms with Gasteiger partial charge in [0.25, 0.3) is 0 Å². The fourth-order valence-corrected chi connectivity index (χ4v) is 5.38. The first-order chi connectivity index (χ1) is 15.8. The highest BCUT2D eigenvalue weighted by Gasteiger charge is 2.14. The Morgan fingerprint density at radius 2 is 1.82 bits per heavy atom. The van der Waals surface area contributed by atoms with Gasteiger partial charge in [-0.3, -0.25) is 4.79 Å². The standard InChI is InChI=1S/C25H25IN4O2S/c1-15-11-19(26)12-16(2)24(15)27-23(31)14-33-25-29-28-22(30(25)4)13-32-21-10-9-18-7-5-6-8-20(18)17(21)3/h5-12H,13-14H2,1-4H3,(H,27,31). The number of anilines is 1. The summed E-state index contributed by atoms with van der Waals surface area (Å²) < 4.78 is 9.08. The third-order valence-corrected chi connectivity index (χ3v) is 7.17. The number of amides is 1. The summed E-state index contributed by atoms with van der Waals surface area (Å²) in [6.45, 7) is 6.37. The topological polar surface area (TPSA) is 69.0 Å². The SMILES string of the molecule is Cc1cc(I)cc(C)c1NC(=O)CSc1nnc(COc2ccc3ccccc3c2C)n1C. The average Bonchev–Trinajstić information content (AvgIpc) is 3.14. The van der Waals surface area contributed by atoms with Gasteiger partial charge in [-0.15, -0.1) is 10.2 Å². The second kappa shape index (κ2) is 10.1. The Labute approximate surface area is 211 Å². The molecule has 4 aromatic rings. The molecule has 4 rings (SSSR count). The zero-order chi connectivity index (χ0) is 23.5. The summed E-state index contributed by atoms with van der Waals surface area (Å²) in [5, 5.41) is 14.6. The van der Waals surface area contributed by atoms with Gasteiger partial charge in [-0.25, -0.2) is 0 Å². The minimum Gasteiger partial charge on any atom is -0.485 e. The number of thioether (sulfide) groups is 1. The Kier molecular flexibility index (Phi) is 7.23. The zero-order valence-electron chi connectivity index (χ0n) is 19.0. The third-order valence-electron chi connectivity index (χ3n) is 5.52. The van der Waals surface area contributed by atoms with Crippen LogP contribution in [0.3, 0.4) is 0 Å². The molecule has 33 heavy (non-hydrogen) atoms. The minimum absolute atomic E-state index is 0.0694. The summed E-state index contributed by atoms with van der Waals surface area (Å²) in [6.07, 6.45) is 0. The molecule has 1 heterocycles. The number of fused-ring (bicyclic) bond motifs is 1. The molecule has 0 atom stereocenters. The number of nitrogens with zero attached hydrogens (tertiary/aromatic N) is 3. The molecule has 0 aliphatic rings. The van der Waals surface area contributed by atoms with Gasteiger partial charge in [0.15, 0.2) is 11.0 Å². The highest BCUT2D eigenvalue weighted by Crippen LogP contribution is 2.28. The predicted molar refractivity (Wildman–Crippen MR) is 142 cm³/mol. The molecule has 3 aromatic carbocycles. The summed E-state index contributed by atoms with van der Waals surface area (Å²) >= 11 is 3.64. The quantitative estimate of drug-likeness (QED) is 0.224. The molecular formula is C25H25IN4O2S. The number of aryl methyl sites for hydroxylation is 3. The monoisotopic (exact) mass is 572 g/mol. The molecule has 1 aromatic heterocycles. The van der Waals surface area contributed by atoms with Crippen molar-refractivity contribution in [3.05, 3.63) is 74.6 Å². The Bertz CT molecular complexity index is 1310. The minimum atomic E-state index is -0.0694. The molecule has 0 bridgehead atoms. The fourth-order valence-electron chi connectivity index (χ4n) is 3.72. The smallest absolute Gasteiger partial charge is 0.234 e. The van der Waals surface area contributed by atoms with E-state index in [2.05, 4.69) is 75.4 Å². The molecule has 6 nitrogen and oxygen atoms in total. The Morgan fingerprint density at radius 1 is 1.09 bits per heavy atom. The molecule has 1 N–H and O–H groups in total. The fraction of sp³-hybridized carbons (Fsp3) is 0.240. The normalized spacial score (nSPS) is 11.1. The van der Waals surface area contributed by atoms with Gasteiger partial charge in [0.2, 0.25) is 5.91 Å². The number of benzene rings is 3. The largest absolute Gasteiger partial charge is 0.485 e. The van der Waals surface area contributed by atoms with Crippen LogP contribution in [-0.4, -0.2) is 26.4 Å². The highest BCUT2D eigenvalue weighted by atomic mass is 127. The maximum absolute atomic E-state index is 12.5. The van der Waals surface area contributed by atoms with Crippen molar-refractivity contribution in [3.63, 3.8) is 0 Å². The van der Waals surface area contributed by atoms with Crippen LogP contribution >= 0.6 is 34.4 Å². The Morgan fingerprint density at radius 3 is 2.58 bits per heavy atom. The summed E-state index contributed by atoms with van der Waals surface area (Å²) in [4.78, 5) is 12.5. The van der Waals surface area contributed by atoms with Crippen LogP contribution in [0.15, 0.2) is 53.7 Å². The lowest BCUT2D eigenvalue weighted by atomic mass is 10.0. The van der Waals surface area contributed by atoms with Crippen LogP contribution < -0.4 is 10.1 Å². The Balaban J connectivity index is 1.37. The second-order valence-corrected chi connectivity index (χ2v) is 10.1.